The molecule has 1 aromatic rings. The van der Waals surface area contributed by atoms with Crippen molar-refractivity contribution in [3.05, 3.63) is 18.0 Å². The van der Waals surface area contributed by atoms with Crippen molar-refractivity contribution in [3.63, 3.8) is 0 Å². The van der Waals surface area contributed by atoms with Gasteiger partial charge < -0.3 is 5.32 Å². The van der Waals surface area contributed by atoms with E-state index in [0.29, 0.717) is 0 Å². The lowest BCUT2D eigenvalue weighted by molar-refractivity contribution is 0.0907. The summed E-state index contributed by atoms with van der Waals surface area (Å²) in [5, 5.41) is 7.95. The van der Waals surface area contributed by atoms with E-state index in [9.17, 15) is 0 Å². The number of nitrogens with one attached hydrogen (secondary N) is 1. The molecule has 19 heavy (non-hydrogen) atoms. The Kier molecular flexibility index (Phi) is 6.01. The quantitative estimate of drug-likeness (QED) is 0.785. The van der Waals surface area contributed by atoms with Gasteiger partial charge in [-0.1, -0.05) is 20.8 Å². The first-order valence-corrected chi connectivity index (χ1v) is 7.46. The molecule has 0 radical (unpaired) electrons. The smallest absolute Gasteiger partial charge is 0.0671 e. The summed E-state index contributed by atoms with van der Waals surface area (Å²) in [6, 6.07) is 2.42. The van der Waals surface area contributed by atoms with Crippen molar-refractivity contribution in [1.82, 2.24) is 20.0 Å². The van der Waals surface area contributed by atoms with Crippen molar-refractivity contribution >= 4 is 0 Å². The molecule has 0 aliphatic rings. The summed E-state index contributed by atoms with van der Waals surface area (Å²) in [6.45, 7) is 14.4. The van der Waals surface area contributed by atoms with Gasteiger partial charge in [0, 0.05) is 18.3 Å². The Morgan fingerprint density at radius 2 is 1.95 bits per heavy atom. The molecule has 0 saturated heterocycles. The summed E-state index contributed by atoms with van der Waals surface area (Å²) in [5.74, 6) is 0. The first kappa shape index (κ1) is 16.2. The van der Waals surface area contributed by atoms with E-state index in [1.54, 1.807) is 0 Å². The Morgan fingerprint density at radius 1 is 1.32 bits per heavy atom. The van der Waals surface area contributed by atoms with Crippen LogP contribution in [0.1, 0.15) is 52.8 Å². The number of nitrogens with zero attached hydrogens (tertiary/aromatic N) is 3. The summed E-state index contributed by atoms with van der Waals surface area (Å²) < 4.78 is 2.13. The molecule has 1 atom stereocenters. The summed E-state index contributed by atoms with van der Waals surface area (Å²) in [5.41, 5.74) is 1.34. The highest BCUT2D eigenvalue weighted by molar-refractivity contribution is 5.13. The van der Waals surface area contributed by atoms with Gasteiger partial charge >= 0.3 is 0 Å². The zero-order valence-corrected chi connectivity index (χ0v) is 13.4. The molecule has 110 valence electrons. The van der Waals surface area contributed by atoms with E-state index in [4.69, 9.17) is 0 Å². The van der Waals surface area contributed by atoms with Crippen molar-refractivity contribution < 1.29 is 0 Å². The number of aryl methyl sites for hydroxylation is 1. The van der Waals surface area contributed by atoms with E-state index in [-0.39, 0.29) is 11.6 Å². The van der Waals surface area contributed by atoms with Crippen LogP contribution in [0.25, 0.3) is 0 Å². The molecule has 0 amide bonds. The van der Waals surface area contributed by atoms with Crippen molar-refractivity contribution in [2.45, 2.75) is 59.2 Å². The second-order valence-corrected chi connectivity index (χ2v) is 5.53. The minimum Gasteiger partial charge on any atom is -0.310 e. The molecule has 4 heteroatoms. The Bertz CT molecular complexity index is 366. The van der Waals surface area contributed by atoms with Gasteiger partial charge in [-0.25, -0.2) is 0 Å². The molecule has 1 heterocycles. The molecule has 0 aliphatic carbocycles. The van der Waals surface area contributed by atoms with Crippen LogP contribution in [0.5, 0.6) is 0 Å². The van der Waals surface area contributed by atoms with Gasteiger partial charge in [-0.15, -0.1) is 0 Å². The van der Waals surface area contributed by atoms with Gasteiger partial charge in [0.1, 0.15) is 0 Å². The standard InChI is InChI=1S/C15H30N4/c1-7-12-19-13(10-11-17-19)14(16-6)15(4,5)18(8-2)9-3/h10-11,14,16H,7-9,12H2,1-6H3. The largest absolute Gasteiger partial charge is 0.310 e. The molecule has 4 nitrogen and oxygen atoms in total. The van der Waals surface area contributed by atoms with Gasteiger partial charge in [-0.3, -0.25) is 9.58 Å². The molecule has 0 aliphatic heterocycles. The summed E-state index contributed by atoms with van der Waals surface area (Å²) >= 11 is 0. The maximum atomic E-state index is 4.46. The predicted molar refractivity (Wildman–Crippen MR) is 81.3 cm³/mol. The van der Waals surface area contributed by atoms with Gasteiger partial charge in [0.2, 0.25) is 0 Å². The maximum absolute atomic E-state index is 4.46. The van der Waals surface area contributed by atoms with Crippen LogP contribution in [-0.4, -0.2) is 40.4 Å². The molecule has 1 rings (SSSR count). The summed E-state index contributed by atoms with van der Waals surface area (Å²) in [4.78, 5) is 2.50. The van der Waals surface area contributed by atoms with Crippen LogP contribution >= 0.6 is 0 Å². The van der Waals surface area contributed by atoms with Crippen molar-refractivity contribution in [2.75, 3.05) is 20.1 Å². The highest BCUT2D eigenvalue weighted by Gasteiger charge is 2.35. The van der Waals surface area contributed by atoms with E-state index in [0.717, 1.165) is 26.1 Å². The lowest BCUT2D eigenvalue weighted by Gasteiger charge is -2.43. The molecule has 1 unspecified atom stereocenters. The lowest BCUT2D eigenvalue weighted by Crippen LogP contribution is -2.52. The molecule has 0 spiro atoms. The minimum atomic E-state index is 0.0593. The predicted octanol–water partition coefficient (Wildman–Crippen LogP) is 2.67. The minimum absolute atomic E-state index is 0.0593. The lowest BCUT2D eigenvalue weighted by atomic mass is 9.89. The molecule has 0 aromatic carbocycles. The molecular weight excluding hydrogens is 236 g/mol. The number of aromatic nitrogens is 2. The third-order valence-corrected chi connectivity index (χ3v) is 4.05. The normalized spacial score (nSPS) is 14.1. The third kappa shape index (κ3) is 3.37. The highest BCUT2D eigenvalue weighted by Crippen LogP contribution is 2.30. The van der Waals surface area contributed by atoms with Crippen LogP contribution in [-0.2, 0) is 6.54 Å². The molecule has 0 saturated carbocycles. The molecule has 0 bridgehead atoms. The second kappa shape index (κ2) is 7.06. The fraction of sp³-hybridized carbons (Fsp3) is 0.800. The van der Waals surface area contributed by atoms with Crippen molar-refractivity contribution in [3.8, 4) is 0 Å². The fourth-order valence-electron chi connectivity index (χ4n) is 3.07. The van der Waals surface area contributed by atoms with Gasteiger partial charge in [-0.2, -0.15) is 5.10 Å². The van der Waals surface area contributed by atoms with Crippen LogP contribution in [0.4, 0.5) is 0 Å². The highest BCUT2D eigenvalue weighted by atomic mass is 15.3. The second-order valence-electron chi connectivity index (χ2n) is 5.53. The summed E-state index contributed by atoms with van der Waals surface area (Å²) in [6.07, 6.45) is 3.02. The van der Waals surface area contributed by atoms with E-state index < -0.39 is 0 Å². The van der Waals surface area contributed by atoms with Gasteiger partial charge in [0.25, 0.3) is 0 Å². The zero-order chi connectivity index (χ0) is 14.5. The maximum Gasteiger partial charge on any atom is 0.0671 e. The van der Waals surface area contributed by atoms with Crippen molar-refractivity contribution in [1.29, 1.82) is 0 Å². The SMILES string of the molecule is CCCn1nccc1C(NC)C(C)(C)N(CC)CC. The van der Waals surface area contributed by atoms with Gasteiger partial charge in [0.05, 0.1) is 11.7 Å². The van der Waals surface area contributed by atoms with E-state index >= 15 is 0 Å². The molecule has 1 aromatic heterocycles. The zero-order valence-electron chi connectivity index (χ0n) is 13.4. The van der Waals surface area contributed by atoms with Crippen LogP contribution in [0.15, 0.2) is 12.3 Å². The Hall–Kier alpha value is -0.870. The average Bonchev–Trinajstić information content (AvgIpc) is 2.79. The van der Waals surface area contributed by atoms with Crippen molar-refractivity contribution in [2.24, 2.45) is 0 Å². The summed E-state index contributed by atoms with van der Waals surface area (Å²) in [7, 11) is 2.04. The van der Waals surface area contributed by atoms with E-state index in [1.165, 1.54) is 5.69 Å². The Balaban J connectivity index is 3.07. The van der Waals surface area contributed by atoms with Crippen LogP contribution < -0.4 is 5.32 Å². The van der Waals surface area contributed by atoms with Crippen LogP contribution in [0.3, 0.4) is 0 Å². The molecular formula is C15H30N4. The Labute approximate surface area is 118 Å². The number of hydrogen-bond acceptors (Lipinski definition) is 3. The monoisotopic (exact) mass is 266 g/mol. The topological polar surface area (TPSA) is 33.1 Å². The van der Waals surface area contributed by atoms with E-state index in [1.807, 2.05) is 13.2 Å². The number of rotatable bonds is 8. The Morgan fingerprint density at radius 3 is 2.42 bits per heavy atom. The van der Waals surface area contributed by atoms with Gasteiger partial charge in [0.15, 0.2) is 0 Å². The first-order chi connectivity index (χ1) is 9.02. The van der Waals surface area contributed by atoms with Gasteiger partial charge in [-0.05, 0) is 46.5 Å². The third-order valence-electron chi connectivity index (χ3n) is 4.05. The number of likely N-dealkylation sites (N-methyl/N-ethyl adjacent to an activating group) is 2. The first-order valence-electron chi connectivity index (χ1n) is 7.46. The molecule has 1 N–H and O–H groups in total. The van der Waals surface area contributed by atoms with E-state index in [2.05, 4.69) is 60.7 Å². The fourth-order valence-corrected chi connectivity index (χ4v) is 3.07. The van der Waals surface area contributed by atoms with Crippen LogP contribution in [0.2, 0.25) is 0 Å². The number of hydrogen-bond donors (Lipinski definition) is 1. The van der Waals surface area contributed by atoms with Crippen LogP contribution in [0, 0.1) is 0 Å². The average molecular weight is 266 g/mol. The molecule has 0 fully saturated rings.